The van der Waals surface area contributed by atoms with Gasteiger partial charge in [0, 0.05) is 6.42 Å². The molecule has 3 nitrogen and oxygen atoms in total. The van der Waals surface area contributed by atoms with Gasteiger partial charge in [-0.25, -0.2) is 4.79 Å². The Labute approximate surface area is 95.8 Å². The van der Waals surface area contributed by atoms with E-state index in [2.05, 4.69) is 11.3 Å². The zero-order valence-electron chi connectivity index (χ0n) is 8.53. The van der Waals surface area contributed by atoms with Gasteiger partial charge in [-0.05, 0) is 0 Å². The second-order valence-electron chi connectivity index (χ2n) is 3.15. The van der Waals surface area contributed by atoms with Crippen LogP contribution < -0.4 is 0 Å². The van der Waals surface area contributed by atoms with Crippen LogP contribution in [-0.2, 0) is 9.53 Å². The molecule has 0 rings (SSSR count). The predicted molar refractivity (Wildman–Crippen MR) is 42.9 cm³/mol. The molecule has 0 bridgehead atoms. The van der Waals surface area contributed by atoms with Gasteiger partial charge in [-0.15, -0.1) is 0 Å². The number of rotatable bonds is 4. The first-order valence-corrected chi connectivity index (χ1v) is 4.20. The smallest absolute Gasteiger partial charge is 0.426 e. The average Bonchev–Trinajstić information content (AvgIpc) is 2.13. The molecule has 0 aliphatic rings. The molecule has 0 aromatic rings. The van der Waals surface area contributed by atoms with Crippen LogP contribution in [-0.4, -0.2) is 35.6 Å². The Bertz CT molecular complexity index is 317. The molecule has 0 unspecified atom stereocenters. The normalized spacial score (nSPS) is 13.3. The van der Waals surface area contributed by atoms with Gasteiger partial charge in [-0.2, -0.15) is 30.7 Å². The number of hydrogen-bond acceptors (Lipinski definition) is 3. The highest BCUT2D eigenvalue weighted by molar-refractivity contribution is 5.85. The highest BCUT2D eigenvalue weighted by Crippen LogP contribution is 2.45. The van der Waals surface area contributed by atoms with Crippen molar-refractivity contribution in [2.75, 3.05) is 6.61 Å². The Morgan fingerprint density at radius 1 is 1.11 bits per heavy atom. The molecular weight excluding hydrogens is 277 g/mol. The minimum Gasteiger partial charge on any atom is -0.460 e. The third-order valence-corrected chi connectivity index (χ3v) is 1.86. The second-order valence-corrected chi connectivity index (χ2v) is 3.15. The van der Waals surface area contributed by atoms with Crippen LogP contribution >= 0.6 is 0 Å². The van der Waals surface area contributed by atoms with Crippen molar-refractivity contribution in [3.8, 4) is 0 Å². The molecule has 0 aromatic carbocycles. The summed E-state index contributed by atoms with van der Waals surface area (Å²) in [5, 5.41) is 8.58. The van der Waals surface area contributed by atoms with Crippen molar-refractivity contribution in [2.45, 2.75) is 24.4 Å². The number of halogens is 7. The van der Waals surface area contributed by atoms with Gasteiger partial charge >= 0.3 is 18.3 Å². The molecule has 0 heterocycles. The van der Waals surface area contributed by atoms with Crippen LogP contribution in [0.15, 0.2) is 12.4 Å². The van der Waals surface area contributed by atoms with Crippen LogP contribution in [0.1, 0.15) is 6.42 Å². The lowest BCUT2D eigenvalue weighted by atomic mass is 9.99. The van der Waals surface area contributed by atoms with Gasteiger partial charge in [0.05, 0.1) is 6.61 Å². The van der Waals surface area contributed by atoms with Gasteiger partial charge in [-0.3, -0.25) is 0 Å². The van der Waals surface area contributed by atoms with Crippen molar-refractivity contribution in [3.05, 3.63) is 12.4 Å². The first-order chi connectivity index (χ1) is 7.83. The molecule has 0 saturated carbocycles. The standard InChI is InChI=1S/C8H7F7O3/c1-4(9)5(16)18-3-2-6(17,7(10,11)12)8(13,14)15/h17H,1-3H2. The molecule has 18 heavy (non-hydrogen) atoms. The van der Waals surface area contributed by atoms with Crippen LogP contribution in [0, 0.1) is 0 Å². The van der Waals surface area contributed by atoms with Crippen LogP contribution in [0.3, 0.4) is 0 Å². The first kappa shape index (κ1) is 16.7. The summed E-state index contributed by atoms with van der Waals surface area (Å²) in [6.45, 7) is 0.945. The Morgan fingerprint density at radius 2 is 1.50 bits per heavy atom. The fraction of sp³-hybridized carbons (Fsp3) is 0.625. The fourth-order valence-corrected chi connectivity index (χ4v) is 0.814. The minimum absolute atomic E-state index is 1.47. The van der Waals surface area contributed by atoms with Gasteiger partial charge in [0.15, 0.2) is 0 Å². The largest absolute Gasteiger partial charge is 0.460 e. The van der Waals surface area contributed by atoms with Crippen molar-refractivity contribution in [1.82, 2.24) is 0 Å². The molecule has 0 amide bonds. The fourth-order valence-electron chi connectivity index (χ4n) is 0.814. The van der Waals surface area contributed by atoms with Gasteiger partial charge in [-0.1, -0.05) is 6.58 Å². The number of hydrogen-bond donors (Lipinski definition) is 1. The quantitative estimate of drug-likeness (QED) is 0.489. The van der Waals surface area contributed by atoms with Gasteiger partial charge in [0.1, 0.15) is 0 Å². The van der Waals surface area contributed by atoms with E-state index in [9.17, 15) is 35.5 Å². The molecule has 0 aliphatic carbocycles. The summed E-state index contributed by atoms with van der Waals surface area (Å²) in [6.07, 6.45) is -14.0. The molecule has 0 spiro atoms. The van der Waals surface area contributed by atoms with E-state index in [0.717, 1.165) is 0 Å². The van der Waals surface area contributed by atoms with E-state index < -0.39 is 42.8 Å². The summed E-state index contributed by atoms with van der Waals surface area (Å²) >= 11 is 0. The Hall–Kier alpha value is -1.32. The van der Waals surface area contributed by atoms with Crippen molar-refractivity contribution in [2.24, 2.45) is 0 Å². The van der Waals surface area contributed by atoms with E-state index >= 15 is 0 Å². The molecule has 0 radical (unpaired) electrons. The van der Waals surface area contributed by atoms with E-state index in [-0.39, 0.29) is 0 Å². The van der Waals surface area contributed by atoms with E-state index in [1.807, 2.05) is 0 Å². The molecule has 0 aliphatic heterocycles. The van der Waals surface area contributed by atoms with Crippen LogP contribution in [0.25, 0.3) is 0 Å². The first-order valence-electron chi connectivity index (χ1n) is 4.20. The van der Waals surface area contributed by atoms with Crippen LogP contribution in [0.5, 0.6) is 0 Å². The number of alkyl halides is 6. The van der Waals surface area contributed by atoms with Crippen molar-refractivity contribution < 1.29 is 45.4 Å². The molecule has 10 heteroatoms. The molecule has 1 N–H and O–H groups in total. The van der Waals surface area contributed by atoms with Crippen molar-refractivity contribution >= 4 is 5.97 Å². The predicted octanol–water partition coefficient (Wildman–Crippen LogP) is 2.26. The lowest BCUT2D eigenvalue weighted by Crippen LogP contribution is -2.57. The molecule has 0 atom stereocenters. The highest BCUT2D eigenvalue weighted by Gasteiger charge is 2.70. The Morgan fingerprint density at radius 3 is 1.78 bits per heavy atom. The van der Waals surface area contributed by atoms with E-state index in [1.54, 1.807) is 0 Å². The topological polar surface area (TPSA) is 46.5 Å². The number of ether oxygens (including phenoxy) is 1. The summed E-state index contributed by atoms with van der Waals surface area (Å²) < 4.78 is 88.2. The lowest BCUT2D eigenvalue weighted by Gasteiger charge is -2.31. The zero-order chi connectivity index (χ0) is 14.8. The number of aliphatic hydroxyl groups is 1. The summed E-state index contributed by atoms with van der Waals surface area (Å²) in [4.78, 5) is 10.4. The summed E-state index contributed by atoms with van der Waals surface area (Å²) in [5.74, 6) is -3.49. The maximum Gasteiger partial charge on any atom is 0.426 e. The van der Waals surface area contributed by atoms with E-state index in [0.29, 0.717) is 0 Å². The zero-order valence-corrected chi connectivity index (χ0v) is 8.53. The van der Waals surface area contributed by atoms with E-state index in [1.165, 1.54) is 0 Å². The molecular formula is C8H7F7O3. The van der Waals surface area contributed by atoms with E-state index in [4.69, 9.17) is 5.11 Å². The van der Waals surface area contributed by atoms with Crippen molar-refractivity contribution in [1.29, 1.82) is 0 Å². The monoisotopic (exact) mass is 284 g/mol. The minimum atomic E-state index is -6.01. The van der Waals surface area contributed by atoms with Crippen LogP contribution in [0.2, 0.25) is 0 Å². The Kier molecular flexibility index (Phi) is 4.75. The molecule has 106 valence electrons. The number of esters is 1. The van der Waals surface area contributed by atoms with Crippen LogP contribution in [0.4, 0.5) is 30.7 Å². The van der Waals surface area contributed by atoms with Crippen molar-refractivity contribution in [3.63, 3.8) is 0 Å². The third-order valence-electron chi connectivity index (χ3n) is 1.86. The summed E-state index contributed by atoms with van der Waals surface area (Å²) in [5.41, 5.74) is -5.03. The Balaban J connectivity index is 4.77. The summed E-state index contributed by atoms with van der Waals surface area (Å²) in [7, 11) is 0. The molecule has 0 fully saturated rings. The van der Waals surface area contributed by atoms with Gasteiger partial charge < -0.3 is 9.84 Å². The maximum absolute atomic E-state index is 12.1. The molecule has 0 saturated heterocycles. The van der Waals surface area contributed by atoms with Gasteiger partial charge in [0.2, 0.25) is 5.83 Å². The van der Waals surface area contributed by atoms with Gasteiger partial charge in [0.25, 0.3) is 5.60 Å². The molecule has 0 aromatic heterocycles. The lowest BCUT2D eigenvalue weighted by molar-refractivity contribution is -0.371. The number of carbonyl (C=O) groups is 1. The second kappa shape index (κ2) is 5.12. The maximum atomic E-state index is 12.1. The average molecular weight is 284 g/mol. The SMILES string of the molecule is C=C(F)C(=O)OCCC(O)(C(F)(F)F)C(F)(F)F. The third kappa shape index (κ3) is 3.59. The summed E-state index contributed by atoms with van der Waals surface area (Å²) in [6, 6.07) is 0. The highest BCUT2D eigenvalue weighted by atomic mass is 19.4. The number of carbonyl (C=O) groups excluding carboxylic acids is 1.